The van der Waals surface area contributed by atoms with E-state index in [9.17, 15) is 18.0 Å². The smallest absolute Gasteiger partial charge is 0.418 e. The Hall–Kier alpha value is -3.50. The first-order chi connectivity index (χ1) is 15.5. The van der Waals surface area contributed by atoms with Crippen molar-refractivity contribution in [3.8, 4) is 11.5 Å². The van der Waals surface area contributed by atoms with Gasteiger partial charge in [-0.3, -0.25) is 4.79 Å². The predicted molar refractivity (Wildman–Crippen MR) is 115 cm³/mol. The number of benzene rings is 1. The zero-order chi connectivity index (χ0) is 23.7. The number of nitrogens with zero attached hydrogens (tertiary/aromatic N) is 3. The van der Waals surface area contributed by atoms with E-state index >= 15 is 0 Å². The molecule has 0 radical (unpaired) electrons. The van der Waals surface area contributed by atoms with Gasteiger partial charge in [0.15, 0.2) is 5.60 Å². The SMILES string of the molecule is COc1cc2c(cc1Nc1nc(C3CC3)c3c(C(F)(F)F)c[nH]c3n1)OC(C)(C)C(=O)N2C. The van der Waals surface area contributed by atoms with E-state index in [1.807, 2.05) is 0 Å². The largest absolute Gasteiger partial charge is 0.494 e. The van der Waals surface area contributed by atoms with Gasteiger partial charge < -0.3 is 24.7 Å². The molecule has 2 aromatic heterocycles. The summed E-state index contributed by atoms with van der Waals surface area (Å²) in [6.07, 6.45) is -2.02. The van der Waals surface area contributed by atoms with E-state index in [4.69, 9.17) is 9.47 Å². The third kappa shape index (κ3) is 3.51. The summed E-state index contributed by atoms with van der Waals surface area (Å²) in [5.41, 5.74) is -0.340. The molecule has 2 N–H and O–H groups in total. The number of H-pyrrole nitrogens is 1. The fraction of sp³-hybridized carbons (Fsp3) is 0.409. The van der Waals surface area contributed by atoms with Gasteiger partial charge in [-0.15, -0.1) is 0 Å². The van der Waals surface area contributed by atoms with E-state index in [1.54, 1.807) is 33.0 Å². The second-order valence-corrected chi connectivity index (χ2v) is 8.75. The summed E-state index contributed by atoms with van der Waals surface area (Å²) in [4.78, 5) is 25.4. The van der Waals surface area contributed by atoms with Gasteiger partial charge in [-0.05, 0) is 26.7 Å². The van der Waals surface area contributed by atoms with E-state index in [0.717, 1.165) is 19.0 Å². The Bertz CT molecular complexity index is 1280. The topological polar surface area (TPSA) is 92.4 Å². The number of nitrogens with one attached hydrogen (secondary N) is 2. The predicted octanol–water partition coefficient (Wildman–Crippen LogP) is 4.74. The van der Waals surface area contributed by atoms with Gasteiger partial charge in [-0.25, -0.2) is 4.98 Å². The average molecular weight is 461 g/mol. The highest BCUT2D eigenvalue weighted by atomic mass is 19.4. The Morgan fingerprint density at radius 3 is 2.64 bits per heavy atom. The van der Waals surface area contributed by atoms with Crippen molar-refractivity contribution >= 4 is 34.3 Å². The van der Waals surface area contributed by atoms with Gasteiger partial charge in [0, 0.05) is 31.3 Å². The van der Waals surface area contributed by atoms with Crippen LogP contribution in [0.1, 0.15) is 43.9 Å². The Morgan fingerprint density at radius 1 is 1.27 bits per heavy atom. The molecular weight excluding hydrogens is 439 g/mol. The number of hydrogen-bond donors (Lipinski definition) is 2. The summed E-state index contributed by atoms with van der Waals surface area (Å²) in [5.74, 6) is 0.747. The lowest BCUT2D eigenvalue weighted by atomic mass is 10.0. The van der Waals surface area contributed by atoms with Crippen LogP contribution in [0.2, 0.25) is 0 Å². The van der Waals surface area contributed by atoms with E-state index in [0.29, 0.717) is 28.6 Å². The molecule has 174 valence electrons. The second kappa shape index (κ2) is 7.00. The molecule has 0 saturated heterocycles. The number of fused-ring (bicyclic) bond motifs is 2. The highest BCUT2D eigenvalue weighted by molar-refractivity contribution is 6.02. The maximum Gasteiger partial charge on any atom is 0.418 e. The molecule has 1 aliphatic heterocycles. The Balaban J connectivity index is 1.59. The number of carbonyl (C=O) groups is 1. The molecule has 1 saturated carbocycles. The van der Waals surface area contributed by atoms with Crippen LogP contribution in [0.25, 0.3) is 11.0 Å². The maximum absolute atomic E-state index is 13.5. The van der Waals surface area contributed by atoms with Crippen LogP contribution in [-0.2, 0) is 11.0 Å². The first kappa shape index (κ1) is 21.4. The number of alkyl halides is 3. The second-order valence-electron chi connectivity index (χ2n) is 8.75. The van der Waals surface area contributed by atoms with E-state index in [1.165, 1.54) is 12.0 Å². The van der Waals surface area contributed by atoms with Gasteiger partial charge in [0.1, 0.15) is 17.1 Å². The first-order valence-electron chi connectivity index (χ1n) is 10.4. The number of aromatic amines is 1. The van der Waals surface area contributed by atoms with Crippen LogP contribution in [0, 0.1) is 0 Å². The number of methoxy groups -OCH3 is 1. The minimum atomic E-state index is -4.50. The molecule has 1 aliphatic carbocycles. The number of anilines is 3. The molecule has 3 aromatic rings. The van der Waals surface area contributed by atoms with Crippen molar-refractivity contribution in [2.45, 2.75) is 44.4 Å². The van der Waals surface area contributed by atoms with E-state index in [-0.39, 0.29) is 28.8 Å². The summed E-state index contributed by atoms with van der Waals surface area (Å²) >= 11 is 0. The Morgan fingerprint density at radius 2 is 2.00 bits per heavy atom. The lowest BCUT2D eigenvalue weighted by molar-refractivity contribution is -0.136. The summed E-state index contributed by atoms with van der Waals surface area (Å²) in [5, 5.41) is 3.07. The molecule has 8 nitrogen and oxygen atoms in total. The van der Waals surface area contributed by atoms with Crippen LogP contribution in [0.15, 0.2) is 18.3 Å². The molecule has 0 unspecified atom stereocenters. The minimum absolute atomic E-state index is 0.0122. The normalized spacial score (nSPS) is 17.7. The number of halogens is 3. The van der Waals surface area contributed by atoms with Crippen molar-refractivity contribution in [3.05, 3.63) is 29.6 Å². The molecule has 0 spiro atoms. The lowest BCUT2D eigenvalue weighted by Gasteiger charge is -2.37. The Kier molecular flexibility index (Phi) is 4.53. The molecule has 33 heavy (non-hydrogen) atoms. The summed E-state index contributed by atoms with van der Waals surface area (Å²) in [7, 11) is 3.13. The molecule has 1 fully saturated rings. The first-order valence-corrected chi connectivity index (χ1v) is 10.4. The molecule has 1 amide bonds. The third-order valence-electron chi connectivity index (χ3n) is 5.90. The van der Waals surface area contributed by atoms with Crippen molar-refractivity contribution in [1.82, 2.24) is 15.0 Å². The number of likely N-dealkylation sites (N-methyl/N-ethyl adjacent to an activating group) is 1. The molecule has 0 bridgehead atoms. The van der Waals surface area contributed by atoms with Crippen molar-refractivity contribution in [2.24, 2.45) is 0 Å². The van der Waals surface area contributed by atoms with Gasteiger partial charge in [0.25, 0.3) is 5.91 Å². The molecule has 1 aromatic carbocycles. The van der Waals surface area contributed by atoms with Crippen LogP contribution in [-0.4, -0.2) is 40.6 Å². The number of amides is 1. The number of aromatic nitrogens is 3. The molecule has 0 atom stereocenters. The average Bonchev–Trinajstić information content (AvgIpc) is 3.49. The van der Waals surface area contributed by atoms with Crippen LogP contribution in [0.5, 0.6) is 11.5 Å². The Labute approximate surface area is 187 Å². The third-order valence-corrected chi connectivity index (χ3v) is 5.90. The highest BCUT2D eigenvalue weighted by Crippen LogP contribution is 2.47. The van der Waals surface area contributed by atoms with Crippen molar-refractivity contribution in [2.75, 3.05) is 24.4 Å². The van der Waals surface area contributed by atoms with Crippen molar-refractivity contribution < 1.29 is 27.4 Å². The van der Waals surface area contributed by atoms with Crippen LogP contribution >= 0.6 is 0 Å². The minimum Gasteiger partial charge on any atom is -0.494 e. The van der Waals surface area contributed by atoms with Crippen LogP contribution in [0.4, 0.5) is 30.5 Å². The van der Waals surface area contributed by atoms with E-state index < -0.39 is 17.3 Å². The summed E-state index contributed by atoms with van der Waals surface area (Å²) in [6, 6.07) is 3.32. The quantitative estimate of drug-likeness (QED) is 0.583. The van der Waals surface area contributed by atoms with Gasteiger partial charge in [0.05, 0.1) is 35.1 Å². The molecule has 3 heterocycles. The number of hydrogen-bond acceptors (Lipinski definition) is 6. The molecule has 2 aliphatic rings. The van der Waals surface area contributed by atoms with Gasteiger partial charge in [-0.1, -0.05) is 0 Å². The molecular formula is C22H22F3N5O3. The van der Waals surface area contributed by atoms with Crippen LogP contribution in [0.3, 0.4) is 0 Å². The monoisotopic (exact) mass is 461 g/mol. The van der Waals surface area contributed by atoms with Gasteiger partial charge >= 0.3 is 6.18 Å². The zero-order valence-corrected chi connectivity index (χ0v) is 18.4. The zero-order valence-electron chi connectivity index (χ0n) is 18.4. The highest BCUT2D eigenvalue weighted by Gasteiger charge is 2.40. The van der Waals surface area contributed by atoms with Gasteiger partial charge in [0.2, 0.25) is 5.95 Å². The maximum atomic E-state index is 13.5. The lowest BCUT2D eigenvalue weighted by Crippen LogP contribution is -2.50. The van der Waals surface area contributed by atoms with Crippen molar-refractivity contribution in [1.29, 1.82) is 0 Å². The summed E-state index contributed by atoms with van der Waals surface area (Å²) in [6.45, 7) is 3.35. The van der Waals surface area contributed by atoms with E-state index in [2.05, 4.69) is 20.3 Å². The number of rotatable bonds is 4. The number of ether oxygens (including phenoxy) is 2. The summed E-state index contributed by atoms with van der Waals surface area (Å²) < 4.78 is 51.9. The van der Waals surface area contributed by atoms with Crippen molar-refractivity contribution in [3.63, 3.8) is 0 Å². The molecule has 5 rings (SSSR count). The molecule has 11 heteroatoms. The fourth-order valence-electron chi connectivity index (χ4n) is 4.10. The standard InChI is InChI=1S/C22H22F3N5O3/c1-21(2)19(31)30(3)13-8-14(32-4)12(7-15(13)33-21)27-20-28-17(10-5-6-10)16-11(22(23,24)25)9-26-18(16)29-20/h7-10H,5-6H2,1-4H3,(H2,26,27,28,29). The van der Waals surface area contributed by atoms with Gasteiger partial charge in [-0.2, -0.15) is 18.2 Å². The van der Waals surface area contributed by atoms with Crippen LogP contribution < -0.4 is 19.7 Å². The number of carbonyl (C=O) groups excluding carboxylic acids is 1. The fourth-order valence-corrected chi connectivity index (χ4v) is 4.10.